The van der Waals surface area contributed by atoms with E-state index >= 15 is 0 Å². The van der Waals surface area contributed by atoms with Crippen molar-refractivity contribution >= 4 is 17.3 Å². The van der Waals surface area contributed by atoms with Gasteiger partial charge < -0.3 is 10.3 Å². The molecule has 2 aromatic rings. The fraction of sp³-hybridized carbons (Fsp3) is 0.389. The van der Waals surface area contributed by atoms with Crippen LogP contribution < -0.4 is 10.9 Å². The van der Waals surface area contributed by atoms with Gasteiger partial charge in [-0.25, -0.2) is 0 Å². The molecule has 0 bridgehead atoms. The maximum Gasteiger partial charge on any atom is 0.251 e. The van der Waals surface area contributed by atoms with E-state index in [-0.39, 0.29) is 11.0 Å². The number of aromatic nitrogens is 1. The lowest BCUT2D eigenvalue weighted by Gasteiger charge is -2.22. The van der Waals surface area contributed by atoms with Crippen LogP contribution in [-0.2, 0) is 11.8 Å². The average molecular weight is 319 g/mol. The molecule has 0 saturated heterocycles. The SMILES string of the molecule is CNc1cc(Cc2ccc(Cl)cc2C)c(=O)[nH]c1C(C)(C)C. The molecule has 0 aliphatic rings. The first kappa shape index (κ1) is 16.6. The van der Waals surface area contributed by atoms with Crippen molar-refractivity contribution in [3.8, 4) is 0 Å². The monoisotopic (exact) mass is 318 g/mol. The Balaban J connectivity index is 2.46. The van der Waals surface area contributed by atoms with Crippen molar-refractivity contribution in [2.24, 2.45) is 0 Å². The number of anilines is 1. The summed E-state index contributed by atoms with van der Waals surface area (Å²) >= 11 is 5.99. The topological polar surface area (TPSA) is 44.9 Å². The highest BCUT2D eigenvalue weighted by Crippen LogP contribution is 2.27. The minimum atomic E-state index is -0.119. The molecule has 0 aliphatic heterocycles. The first-order valence-corrected chi connectivity index (χ1v) is 7.79. The molecule has 0 aliphatic carbocycles. The molecule has 0 radical (unpaired) electrons. The Hall–Kier alpha value is -1.74. The average Bonchev–Trinajstić information content (AvgIpc) is 2.42. The zero-order chi connectivity index (χ0) is 16.5. The molecule has 4 heteroatoms. The van der Waals surface area contributed by atoms with E-state index in [9.17, 15) is 4.79 Å². The van der Waals surface area contributed by atoms with Crippen LogP contribution in [0.25, 0.3) is 0 Å². The lowest BCUT2D eigenvalue weighted by molar-refractivity contribution is 0.568. The lowest BCUT2D eigenvalue weighted by atomic mass is 9.89. The minimum Gasteiger partial charge on any atom is -0.387 e. The molecule has 1 heterocycles. The van der Waals surface area contributed by atoms with Crippen LogP contribution in [0.2, 0.25) is 5.02 Å². The number of rotatable bonds is 3. The van der Waals surface area contributed by atoms with Crippen molar-refractivity contribution < 1.29 is 0 Å². The summed E-state index contributed by atoms with van der Waals surface area (Å²) in [5, 5.41) is 3.90. The highest BCUT2D eigenvalue weighted by atomic mass is 35.5. The Morgan fingerprint density at radius 3 is 2.41 bits per heavy atom. The summed E-state index contributed by atoms with van der Waals surface area (Å²) in [4.78, 5) is 15.5. The molecule has 1 aromatic carbocycles. The zero-order valence-corrected chi connectivity index (χ0v) is 14.6. The Morgan fingerprint density at radius 1 is 1.18 bits per heavy atom. The van der Waals surface area contributed by atoms with E-state index in [4.69, 9.17) is 11.6 Å². The normalized spacial score (nSPS) is 11.5. The zero-order valence-electron chi connectivity index (χ0n) is 13.8. The van der Waals surface area contributed by atoms with Gasteiger partial charge in [-0.1, -0.05) is 38.4 Å². The summed E-state index contributed by atoms with van der Waals surface area (Å²) in [6.45, 7) is 8.27. The quantitative estimate of drug-likeness (QED) is 0.887. The molecular formula is C18H23ClN2O. The predicted molar refractivity (Wildman–Crippen MR) is 94.3 cm³/mol. The first-order chi connectivity index (χ1) is 10.2. The van der Waals surface area contributed by atoms with E-state index in [1.165, 1.54) is 0 Å². The van der Waals surface area contributed by atoms with Crippen molar-refractivity contribution in [2.45, 2.75) is 39.5 Å². The fourth-order valence-corrected chi connectivity index (χ4v) is 2.78. The van der Waals surface area contributed by atoms with Gasteiger partial charge in [-0.05, 0) is 36.2 Å². The van der Waals surface area contributed by atoms with Gasteiger partial charge in [0.2, 0.25) is 0 Å². The standard InChI is InChI=1S/C18H23ClN2O/c1-11-8-14(19)7-6-12(11)9-13-10-15(20-5)16(18(2,3)4)21-17(13)22/h6-8,10,20H,9H2,1-5H3,(H,21,22). The van der Waals surface area contributed by atoms with E-state index in [0.29, 0.717) is 11.4 Å². The van der Waals surface area contributed by atoms with E-state index in [2.05, 4.69) is 31.1 Å². The third-order valence-electron chi connectivity index (χ3n) is 3.82. The van der Waals surface area contributed by atoms with Crippen LogP contribution in [0.4, 0.5) is 5.69 Å². The summed E-state index contributed by atoms with van der Waals surface area (Å²) in [7, 11) is 1.88. The number of hydrogen-bond donors (Lipinski definition) is 2. The number of nitrogens with one attached hydrogen (secondary N) is 2. The van der Waals surface area contributed by atoms with Crippen LogP contribution in [-0.4, -0.2) is 12.0 Å². The molecule has 0 atom stereocenters. The summed E-state index contributed by atoms with van der Waals surface area (Å²) in [5.41, 5.74) is 4.70. The molecule has 2 N–H and O–H groups in total. The lowest BCUT2D eigenvalue weighted by Crippen LogP contribution is -2.24. The third kappa shape index (κ3) is 3.53. The van der Waals surface area contributed by atoms with Crippen LogP contribution in [0.1, 0.15) is 43.2 Å². The van der Waals surface area contributed by atoms with Gasteiger partial charge in [0.15, 0.2) is 0 Å². The van der Waals surface area contributed by atoms with Crippen LogP contribution in [0.3, 0.4) is 0 Å². The van der Waals surface area contributed by atoms with Crippen LogP contribution in [0.5, 0.6) is 0 Å². The predicted octanol–water partition coefficient (Wildman–Crippen LogP) is 4.27. The van der Waals surface area contributed by atoms with Crippen LogP contribution in [0.15, 0.2) is 29.1 Å². The molecule has 0 unspecified atom stereocenters. The number of benzene rings is 1. The van der Waals surface area contributed by atoms with Crippen molar-refractivity contribution in [2.75, 3.05) is 12.4 Å². The van der Waals surface area contributed by atoms with Crippen LogP contribution in [0, 0.1) is 6.92 Å². The smallest absolute Gasteiger partial charge is 0.251 e. The highest BCUT2D eigenvalue weighted by Gasteiger charge is 2.20. The van der Waals surface area contributed by atoms with Gasteiger partial charge >= 0.3 is 0 Å². The second kappa shape index (κ2) is 6.17. The molecule has 0 amide bonds. The highest BCUT2D eigenvalue weighted by molar-refractivity contribution is 6.30. The van der Waals surface area contributed by atoms with Crippen molar-refractivity contribution in [1.82, 2.24) is 4.98 Å². The Bertz CT molecular complexity index is 742. The summed E-state index contributed by atoms with van der Waals surface area (Å²) in [5.74, 6) is 0. The molecule has 0 spiro atoms. The van der Waals surface area contributed by atoms with Gasteiger partial charge in [0.25, 0.3) is 5.56 Å². The molecule has 118 valence electrons. The molecule has 22 heavy (non-hydrogen) atoms. The molecular weight excluding hydrogens is 296 g/mol. The maximum absolute atomic E-state index is 12.4. The Labute approximate surface area is 136 Å². The Morgan fingerprint density at radius 2 is 1.86 bits per heavy atom. The maximum atomic E-state index is 12.4. The van der Waals surface area contributed by atoms with E-state index in [1.807, 2.05) is 38.2 Å². The number of halogens is 1. The van der Waals surface area contributed by atoms with E-state index in [0.717, 1.165) is 28.1 Å². The fourth-order valence-electron chi connectivity index (χ4n) is 2.56. The van der Waals surface area contributed by atoms with Crippen molar-refractivity contribution in [3.05, 3.63) is 62.0 Å². The number of H-pyrrole nitrogens is 1. The van der Waals surface area contributed by atoms with Gasteiger partial charge in [-0.15, -0.1) is 0 Å². The number of pyridine rings is 1. The summed E-state index contributed by atoms with van der Waals surface area (Å²) in [6, 6.07) is 7.72. The van der Waals surface area contributed by atoms with E-state index in [1.54, 1.807) is 0 Å². The number of aryl methyl sites for hydroxylation is 1. The van der Waals surface area contributed by atoms with Gasteiger partial charge in [-0.3, -0.25) is 4.79 Å². The largest absolute Gasteiger partial charge is 0.387 e. The third-order valence-corrected chi connectivity index (χ3v) is 4.06. The minimum absolute atomic E-state index is 0.0294. The van der Waals surface area contributed by atoms with Gasteiger partial charge in [0.1, 0.15) is 0 Å². The van der Waals surface area contributed by atoms with Gasteiger partial charge in [0.05, 0.1) is 5.69 Å². The Kier molecular flexibility index (Phi) is 4.66. The molecule has 0 saturated carbocycles. The molecule has 1 aromatic heterocycles. The number of aromatic amines is 1. The molecule has 2 rings (SSSR count). The van der Waals surface area contributed by atoms with Gasteiger partial charge in [0, 0.05) is 35.2 Å². The van der Waals surface area contributed by atoms with Crippen molar-refractivity contribution in [1.29, 1.82) is 0 Å². The van der Waals surface area contributed by atoms with E-state index < -0.39 is 0 Å². The molecule has 3 nitrogen and oxygen atoms in total. The summed E-state index contributed by atoms with van der Waals surface area (Å²) in [6.07, 6.45) is 0.595. The second-order valence-electron chi connectivity index (χ2n) is 6.66. The second-order valence-corrected chi connectivity index (χ2v) is 7.10. The molecule has 0 fully saturated rings. The first-order valence-electron chi connectivity index (χ1n) is 7.42. The van der Waals surface area contributed by atoms with Crippen molar-refractivity contribution in [3.63, 3.8) is 0 Å². The van der Waals surface area contributed by atoms with Crippen LogP contribution >= 0.6 is 11.6 Å². The summed E-state index contributed by atoms with van der Waals surface area (Å²) < 4.78 is 0. The number of hydrogen-bond acceptors (Lipinski definition) is 2. The van der Waals surface area contributed by atoms with Gasteiger partial charge in [-0.2, -0.15) is 0 Å².